The number of likely N-dealkylation sites (tertiary alicyclic amines) is 2. The monoisotopic (exact) mass is 524 g/mol. The number of nitrogens with zero attached hydrogens (tertiary/aromatic N) is 2. The average molecular weight is 525 g/mol. The van der Waals surface area contributed by atoms with E-state index in [0.717, 1.165) is 25.9 Å². The summed E-state index contributed by atoms with van der Waals surface area (Å²) in [5.74, 6) is -0.592. The number of aliphatic hydroxyl groups excluding tert-OH is 1. The van der Waals surface area contributed by atoms with Crippen LogP contribution in [0.4, 0.5) is 0 Å². The van der Waals surface area contributed by atoms with Crippen LogP contribution in [-0.2, 0) is 14.3 Å². The van der Waals surface area contributed by atoms with Gasteiger partial charge in [0.1, 0.15) is 5.58 Å². The fourth-order valence-corrected chi connectivity index (χ4v) is 6.31. The lowest BCUT2D eigenvalue weighted by molar-refractivity contribution is -0.171. The Morgan fingerprint density at radius 3 is 2.61 bits per heavy atom. The molecule has 0 unspecified atom stereocenters. The average Bonchev–Trinajstić information content (AvgIpc) is 2.97. The number of aliphatic hydroxyl groups is 1. The lowest BCUT2D eigenvalue weighted by atomic mass is 9.80. The number of piperidine rings is 2. The molecule has 0 aliphatic carbocycles. The predicted molar refractivity (Wildman–Crippen MR) is 145 cm³/mol. The van der Waals surface area contributed by atoms with Crippen molar-refractivity contribution < 1.29 is 23.8 Å². The molecule has 8 nitrogen and oxygen atoms in total. The molecule has 0 bridgehead atoms. The van der Waals surface area contributed by atoms with Crippen LogP contribution in [0.3, 0.4) is 0 Å². The summed E-state index contributed by atoms with van der Waals surface area (Å²) in [4.78, 5) is 31.7. The van der Waals surface area contributed by atoms with Gasteiger partial charge in [0.05, 0.1) is 11.6 Å². The summed E-state index contributed by atoms with van der Waals surface area (Å²) >= 11 is 0. The highest BCUT2D eigenvalue weighted by atomic mass is 16.7. The van der Waals surface area contributed by atoms with E-state index in [1.54, 1.807) is 18.2 Å². The Morgan fingerprint density at radius 1 is 1.11 bits per heavy atom. The summed E-state index contributed by atoms with van der Waals surface area (Å²) < 4.78 is 18.0. The number of hydrogen-bond acceptors (Lipinski definition) is 7. The topological polar surface area (TPSA) is 92.5 Å². The van der Waals surface area contributed by atoms with Crippen molar-refractivity contribution in [1.82, 2.24) is 9.80 Å². The summed E-state index contributed by atoms with van der Waals surface area (Å²) in [5, 5.41) is 10.1. The minimum Gasteiger partial charge on any atom is -0.464 e. The highest BCUT2D eigenvalue weighted by molar-refractivity contribution is 5.92. The van der Waals surface area contributed by atoms with E-state index < -0.39 is 12.2 Å². The van der Waals surface area contributed by atoms with Gasteiger partial charge in [-0.15, -0.1) is 0 Å². The molecule has 1 aromatic carbocycles. The highest BCUT2D eigenvalue weighted by Gasteiger charge is 2.40. The molecule has 0 radical (unpaired) electrons. The summed E-state index contributed by atoms with van der Waals surface area (Å²) in [6.45, 7) is 6.02. The van der Waals surface area contributed by atoms with Gasteiger partial charge in [-0.2, -0.15) is 0 Å². The van der Waals surface area contributed by atoms with Gasteiger partial charge >= 0.3 is 0 Å². The number of para-hydroxylation sites is 1. The second kappa shape index (κ2) is 12.5. The number of allylic oxidation sites excluding steroid dienone is 1. The van der Waals surface area contributed by atoms with Gasteiger partial charge in [-0.1, -0.05) is 18.6 Å². The first-order chi connectivity index (χ1) is 18.6. The van der Waals surface area contributed by atoms with E-state index in [1.807, 2.05) is 24.0 Å². The maximum absolute atomic E-state index is 13.7. The summed E-state index contributed by atoms with van der Waals surface area (Å²) in [6, 6.07) is 7.72. The molecule has 4 heterocycles. The Hall–Kier alpha value is -2.68. The minimum absolute atomic E-state index is 0.0237. The Morgan fingerprint density at radius 2 is 1.87 bits per heavy atom. The van der Waals surface area contributed by atoms with E-state index in [1.165, 1.54) is 25.5 Å². The van der Waals surface area contributed by atoms with Crippen LogP contribution in [0.25, 0.3) is 11.0 Å². The molecule has 2 aromatic rings. The molecule has 38 heavy (non-hydrogen) atoms. The van der Waals surface area contributed by atoms with Crippen LogP contribution in [0.5, 0.6) is 0 Å². The van der Waals surface area contributed by atoms with Crippen LogP contribution in [-0.4, -0.2) is 72.5 Å². The number of carbonyl (C=O) groups excluding carboxylic acids is 1. The van der Waals surface area contributed by atoms with Gasteiger partial charge in [-0.05, 0) is 76.7 Å². The molecule has 3 aliphatic heterocycles. The summed E-state index contributed by atoms with van der Waals surface area (Å²) in [6.07, 6.45) is 9.49. The lowest BCUT2D eigenvalue weighted by Gasteiger charge is -2.41. The van der Waals surface area contributed by atoms with Crippen LogP contribution in [0.2, 0.25) is 0 Å². The van der Waals surface area contributed by atoms with Crippen molar-refractivity contribution in [1.29, 1.82) is 0 Å². The van der Waals surface area contributed by atoms with Crippen molar-refractivity contribution in [2.24, 2.45) is 5.92 Å². The van der Waals surface area contributed by atoms with Crippen molar-refractivity contribution in [2.75, 3.05) is 39.4 Å². The molecule has 1 aromatic heterocycles. The quantitative estimate of drug-likeness (QED) is 0.558. The lowest BCUT2D eigenvalue weighted by Crippen LogP contribution is -2.49. The van der Waals surface area contributed by atoms with E-state index in [0.29, 0.717) is 55.1 Å². The number of amides is 1. The molecule has 0 spiro atoms. The standard InChI is InChI=1S/C30H40N2O6/c1-2-36-30-22(10-8-18-33)24(25-20-37-26-11-5-4-9-23(26)28(25)34)19-27(38-30)29(35)32-16-12-21(13-17-32)31-14-6-3-7-15-31/h4-5,9,11,19-22,24,30,33H,2-3,6-8,10,12-18H2,1H3/t22-,24+,30-/m0/s1. The molecule has 1 amide bonds. The Kier molecular flexibility index (Phi) is 8.82. The van der Waals surface area contributed by atoms with Crippen molar-refractivity contribution in [3.05, 3.63) is 58.2 Å². The van der Waals surface area contributed by atoms with Gasteiger partial charge in [-0.3, -0.25) is 9.59 Å². The molecule has 5 rings (SSSR count). The molecule has 0 saturated carbocycles. The zero-order valence-electron chi connectivity index (χ0n) is 22.3. The molecule has 2 saturated heterocycles. The normalized spacial score (nSPS) is 25.3. The largest absolute Gasteiger partial charge is 0.464 e. The zero-order valence-corrected chi connectivity index (χ0v) is 22.3. The summed E-state index contributed by atoms with van der Waals surface area (Å²) in [7, 11) is 0. The van der Waals surface area contributed by atoms with E-state index >= 15 is 0 Å². The van der Waals surface area contributed by atoms with Crippen molar-refractivity contribution in [3.8, 4) is 0 Å². The van der Waals surface area contributed by atoms with Crippen molar-refractivity contribution in [3.63, 3.8) is 0 Å². The second-order valence-electron chi connectivity index (χ2n) is 10.7. The number of benzene rings is 1. The smallest absolute Gasteiger partial charge is 0.288 e. The third-order valence-electron chi connectivity index (χ3n) is 8.35. The fourth-order valence-electron chi connectivity index (χ4n) is 6.31. The number of carbonyl (C=O) groups is 1. The second-order valence-corrected chi connectivity index (χ2v) is 10.7. The van der Waals surface area contributed by atoms with Crippen LogP contribution in [0.15, 0.2) is 51.6 Å². The fraction of sp³-hybridized carbons (Fsp3) is 0.600. The Labute approximate surface area is 224 Å². The minimum atomic E-state index is -0.697. The maximum Gasteiger partial charge on any atom is 0.288 e. The van der Waals surface area contributed by atoms with Gasteiger partial charge in [0.15, 0.2) is 11.2 Å². The number of ether oxygens (including phenoxy) is 2. The van der Waals surface area contributed by atoms with E-state index in [-0.39, 0.29) is 29.6 Å². The Bertz CT molecular complexity index is 1180. The third kappa shape index (κ3) is 5.67. The molecule has 3 aliphatic rings. The number of hydrogen-bond donors (Lipinski definition) is 1. The van der Waals surface area contributed by atoms with Gasteiger partial charge in [0.2, 0.25) is 6.29 Å². The molecule has 3 atom stereocenters. The predicted octanol–water partition coefficient (Wildman–Crippen LogP) is 4.02. The van der Waals surface area contributed by atoms with Crippen molar-refractivity contribution in [2.45, 2.75) is 70.1 Å². The SMILES string of the molecule is CCO[C@H]1OC(C(=O)N2CCC(N3CCCCC3)CC2)=C[C@@H](c2coc3ccccc3c2=O)[C@@H]1CCCO. The van der Waals surface area contributed by atoms with Crippen molar-refractivity contribution >= 4 is 16.9 Å². The molecule has 206 valence electrons. The maximum atomic E-state index is 13.7. The molecule has 8 heteroatoms. The molecule has 2 fully saturated rings. The first kappa shape index (κ1) is 26.9. The first-order valence-corrected chi connectivity index (χ1v) is 14.3. The van der Waals surface area contributed by atoms with Crippen LogP contribution >= 0.6 is 0 Å². The van der Waals surface area contributed by atoms with Gasteiger partial charge in [0.25, 0.3) is 5.91 Å². The van der Waals surface area contributed by atoms with Gasteiger partial charge < -0.3 is 28.8 Å². The van der Waals surface area contributed by atoms with Gasteiger partial charge in [-0.25, -0.2) is 0 Å². The molecular weight excluding hydrogens is 484 g/mol. The van der Waals surface area contributed by atoms with Crippen LogP contribution in [0.1, 0.15) is 63.4 Å². The van der Waals surface area contributed by atoms with Crippen LogP contribution < -0.4 is 5.43 Å². The van der Waals surface area contributed by atoms with E-state index in [2.05, 4.69) is 4.90 Å². The van der Waals surface area contributed by atoms with Crippen LogP contribution in [0, 0.1) is 5.92 Å². The Balaban J connectivity index is 1.42. The van der Waals surface area contributed by atoms with E-state index in [9.17, 15) is 14.7 Å². The molecular formula is C30H40N2O6. The highest BCUT2D eigenvalue weighted by Crippen LogP contribution is 2.39. The number of fused-ring (bicyclic) bond motifs is 1. The third-order valence-corrected chi connectivity index (χ3v) is 8.35. The summed E-state index contributed by atoms with van der Waals surface area (Å²) in [5.41, 5.74) is 0.889. The number of rotatable bonds is 8. The molecule has 1 N–H and O–H groups in total. The zero-order chi connectivity index (χ0) is 26.5. The van der Waals surface area contributed by atoms with E-state index in [4.69, 9.17) is 13.9 Å². The first-order valence-electron chi connectivity index (χ1n) is 14.3. The van der Waals surface area contributed by atoms with Gasteiger partial charge in [0, 0.05) is 49.7 Å².